The third kappa shape index (κ3) is 1.49. The lowest BCUT2D eigenvalue weighted by atomic mass is 10.3. The zero-order valence-electron chi connectivity index (χ0n) is 7.60. The highest BCUT2D eigenvalue weighted by molar-refractivity contribution is 5.83. The minimum atomic E-state index is -0.902. The summed E-state index contributed by atoms with van der Waals surface area (Å²) in [5.41, 5.74) is -0.0732. The first-order valence-corrected chi connectivity index (χ1v) is 4.01. The Morgan fingerprint density at radius 3 is 2.50 bits per heavy atom. The predicted molar refractivity (Wildman–Crippen MR) is 50.6 cm³/mol. The Labute approximate surface area is 87.1 Å². The van der Waals surface area contributed by atoms with E-state index in [0.717, 1.165) is 0 Å². The summed E-state index contributed by atoms with van der Waals surface area (Å²) in [6.45, 7) is 0. The molecule has 0 aliphatic carbocycles. The van der Waals surface area contributed by atoms with Crippen LogP contribution in [0.2, 0.25) is 0 Å². The first-order chi connectivity index (χ1) is 7.59. The van der Waals surface area contributed by atoms with Crippen LogP contribution in [-0.2, 0) is 0 Å². The fraction of sp³-hybridized carbons (Fsp3) is 0. The van der Waals surface area contributed by atoms with Crippen LogP contribution in [-0.4, -0.2) is 24.8 Å². The number of pyridine rings is 1. The van der Waals surface area contributed by atoms with E-state index in [-0.39, 0.29) is 11.0 Å². The normalized spacial score (nSPS) is 10.2. The summed E-state index contributed by atoms with van der Waals surface area (Å²) in [5.74, 6) is -1.46. The van der Waals surface area contributed by atoms with E-state index in [1.807, 2.05) is 0 Å². The first-order valence-electron chi connectivity index (χ1n) is 4.01. The van der Waals surface area contributed by atoms with Gasteiger partial charge in [0.15, 0.2) is 0 Å². The minimum absolute atomic E-state index is 0.0677. The van der Waals surface area contributed by atoms with Crippen molar-refractivity contribution >= 4 is 22.8 Å². The van der Waals surface area contributed by atoms with Crippen LogP contribution in [0.25, 0.3) is 11.0 Å². The van der Waals surface area contributed by atoms with Crippen molar-refractivity contribution in [1.82, 2.24) is 15.0 Å². The highest BCUT2D eigenvalue weighted by Crippen LogP contribution is 2.22. The fourth-order valence-electron chi connectivity index (χ4n) is 1.16. The van der Waals surface area contributed by atoms with Gasteiger partial charge in [0.25, 0.3) is 0 Å². The zero-order valence-corrected chi connectivity index (χ0v) is 7.60. The maximum atomic E-state index is 10.7. The molecular formula is C7H3N5O4. The molecule has 0 N–H and O–H groups in total. The Morgan fingerprint density at radius 1 is 1.12 bits per heavy atom. The minimum Gasteiger partial charge on any atom is -0.389 e. The van der Waals surface area contributed by atoms with Gasteiger partial charge in [-0.15, -0.1) is 0 Å². The van der Waals surface area contributed by atoms with E-state index in [1.54, 1.807) is 0 Å². The summed E-state index contributed by atoms with van der Waals surface area (Å²) >= 11 is 0. The van der Waals surface area contributed by atoms with Gasteiger partial charge in [-0.05, 0) is 27.0 Å². The monoisotopic (exact) mass is 221 g/mol. The Hall–Kier alpha value is -2.71. The maximum absolute atomic E-state index is 10.7. The van der Waals surface area contributed by atoms with E-state index in [0.29, 0.717) is 0 Å². The molecule has 2 aromatic heterocycles. The van der Waals surface area contributed by atoms with Gasteiger partial charge in [0.2, 0.25) is 5.65 Å². The molecule has 2 aromatic rings. The molecule has 0 fully saturated rings. The van der Waals surface area contributed by atoms with Crippen molar-refractivity contribution in [3.8, 4) is 0 Å². The lowest BCUT2D eigenvalue weighted by Crippen LogP contribution is -2.02. The molecular weight excluding hydrogens is 218 g/mol. The molecule has 0 atom stereocenters. The quantitative estimate of drug-likeness (QED) is 0.543. The number of nitro groups is 2. The molecule has 0 saturated heterocycles. The molecule has 0 bridgehead atoms. The molecule has 2 heterocycles. The number of rotatable bonds is 2. The van der Waals surface area contributed by atoms with Crippen molar-refractivity contribution < 1.29 is 9.85 Å². The van der Waals surface area contributed by atoms with Gasteiger partial charge in [0.05, 0.1) is 0 Å². The van der Waals surface area contributed by atoms with Gasteiger partial charge in [0.1, 0.15) is 5.39 Å². The van der Waals surface area contributed by atoms with Gasteiger partial charge < -0.3 is 20.2 Å². The average molecular weight is 221 g/mol. The lowest BCUT2D eigenvalue weighted by Gasteiger charge is -1.96. The Kier molecular flexibility index (Phi) is 2.12. The molecule has 0 spiro atoms. The van der Waals surface area contributed by atoms with Crippen LogP contribution in [0.3, 0.4) is 0 Å². The van der Waals surface area contributed by atoms with E-state index in [1.165, 1.54) is 18.3 Å². The van der Waals surface area contributed by atoms with Gasteiger partial charge in [0, 0.05) is 11.2 Å². The van der Waals surface area contributed by atoms with Crippen LogP contribution in [0.4, 0.5) is 11.8 Å². The summed E-state index contributed by atoms with van der Waals surface area (Å²) in [4.78, 5) is 29.8. The van der Waals surface area contributed by atoms with Crippen LogP contribution in [0, 0.1) is 20.2 Å². The molecule has 16 heavy (non-hydrogen) atoms. The van der Waals surface area contributed by atoms with Crippen LogP contribution in [0.15, 0.2) is 18.3 Å². The molecule has 0 aromatic carbocycles. The van der Waals surface area contributed by atoms with E-state index < -0.39 is 21.6 Å². The molecule has 2 rings (SSSR count). The summed E-state index contributed by atoms with van der Waals surface area (Å²) in [7, 11) is 0. The molecule has 80 valence electrons. The Morgan fingerprint density at radius 2 is 1.88 bits per heavy atom. The van der Waals surface area contributed by atoms with Crippen LogP contribution >= 0.6 is 0 Å². The van der Waals surface area contributed by atoms with E-state index in [9.17, 15) is 20.2 Å². The predicted octanol–water partition coefficient (Wildman–Crippen LogP) is 0.841. The topological polar surface area (TPSA) is 125 Å². The summed E-state index contributed by atoms with van der Waals surface area (Å²) in [6, 6.07) is 2.84. The molecule has 0 aliphatic heterocycles. The maximum Gasteiger partial charge on any atom is 0.511 e. The Balaban J connectivity index is 2.84. The van der Waals surface area contributed by atoms with Crippen molar-refractivity contribution in [2.45, 2.75) is 0 Å². The standard InChI is InChI=1S/C7H3N5O4/c13-11(14)6-4-2-1-3-8-5(4)9-7(10-6)12(15)16/h1-3H. The number of hydrogen-bond acceptors (Lipinski definition) is 7. The van der Waals surface area contributed by atoms with Crippen molar-refractivity contribution in [3.63, 3.8) is 0 Å². The van der Waals surface area contributed by atoms with Gasteiger partial charge in [-0.25, -0.2) is 4.98 Å². The Bertz CT molecular complexity index is 598. The third-order valence-corrected chi connectivity index (χ3v) is 1.78. The fourth-order valence-corrected chi connectivity index (χ4v) is 1.16. The second-order valence-corrected chi connectivity index (χ2v) is 2.74. The van der Waals surface area contributed by atoms with Gasteiger partial charge in [-0.2, -0.15) is 0 Å². The van der Waals surface area contributed by atoms with Crippen LogP contribution < -0.4 is 0 Å². The number of aromatic nitrogens is 3. The molecule has 0 aliphatic rings. The molecule has 0 saturated carbocycles. The smallest absolute Gasteiger partial charge is 0.389 e. The highest BCUT2D eigenvalue weighted by Gasteiger charge is 2.24. The van der Waals surface area contributed by atoms with Gasteiger partial charge in [-0.1, -0.05) is 0 Å². The largest absolute Gasteiger partial charge is 0.511 e. The molecule has 0 radical (unpaired) electrons. The molecule has 9 nitrogen and oxygen atoms in total. The molecule has 0 unspecified atom stereocenters. The van der Waals surface area contributed by atoms with Crippen LogP contribution in [0.1, 0.15) is 0 Å². The average Bonchev–Trinajstić information content (AvgIpc) is 2.27. The third-order valence-electron chi connectivity index (χ3n) is 1.78. The van der Waals surface area contributed by atoms with Crippen molar-refractivity contribution in [2.75, 3.05) is 0 Å². The number of fused-ring (bicyclic) bond motifs is 1. The number of nitrogens with zero attached hydrogens (tertiary/aromatic N) is 5. The number of hydrogen-bond donors (Lipinski definition) is 0. The van der Waals surface area contributed by atoms with E-state index in [2.05, 4.69) is 15.0 Å². The molecule has 9 heteroatoms. The lowest BCUT2D eigenvalue weighted by molar-refractivity contribution is -0.405. The highest BCUT2D eigenvalue weighted by atomic mass is 16.6. The van der Waals surface area contributed by atoms with E-state index >= 15 is 0 Å². The molecule has 0 amide bonds. The summed E-state index contributed by atoms with van der Waals surface area (Å²) in [6.07, 6.45) is 1.34. The van der Waals surface area contributed by atoms with Crippen molar-refractivity contribution in [1.29, 1.82) is 0 Å². The second kappa shape index (κ2) is 3.46. The van der Waals surface area contributed by atoms with Crippen molar-refractivity contribution in [3.05, 3.63) is 38.6 Å². The summed E-state index contributed by atoms with van der Waals surface area (Å²) in [5, 5.41) is 21.2. The van der Waals surface area contributed by atoms with E-state index in [4.69, 9.17) is 0 Å². The SMILES string of the molecule is O=[N+]([O-])c1nc([N+](=O)[O-])c2cccnc2n1. The van der Waals surface area contributed by atoms with Gasteiger partial charge in [-0.3, -0.25) is 0 Å². The zero-order chi connectivity index (χ0) is 11.7. The summed E-state index contributed by atoms with van der Waals surface area (Å²) < 4.78 is 0. The van der Waals surface area contributed by atoms with Gasteiger partial charge >= 0.3 is 11.8 Å². The first kappa shape index (κ1) is 9.83. The van der Waals surface area contributed by atoms with Crippen molar-refractivity contribution in [2.24, 2.45) is 0 Å². The second-order valence-electron chi connectivity index (χ2n) is 2.74. The van der Waals surface area contributed by atoms with Crippen LogP contribution in [0.5, 0.6) is 0 Å².